The van der Waals surface area contributed by atoms with Gasteiger partial charge >= 0.3 is 0 Å². The van der Waals surface area contributed by atoms with E-state index >= 15 is 0 Å². The number of hydrogen-bond donors (Lipinski definition) is 5. The summed E-state index contributed by atoms with van der Waals surface area (Å²) in [5.74, 6) is 0. The van der Waals surface area contributed by atoms with Crippen molar-refractivity contribution >= 4 is 56.9 Å². The number of nitrogens with one attached hydrogen (secondary N) is 5. The van der Waals surface area contributed by atoms with E-state index in [-0.39, 0.29) is 0 Å². The van der Waals surface area contributed by atoms with E-state index in [9.17, 15) is 0 Å². The fraction of sp³-hybridized carbons (Fsp3) is 0. The van der Waals surface area contributed by atoms with Gasteiger partial charge in [-0.05, 0) is 71.8 Å². The van der Waals surface area contributed by atoms with Crippen molar-refractivity contribution in [3.05, 3.63) is 231 Å². The lowest BCUT2D eigenvalue weighted by Gasteiger charge is -2.25. The molecule has 9 rings (SSSR count). The Morgan fingerprint density at radius 2 is 0.508 bits per heavy atom. The highest BCUT2D eigenvalue weighted by atomic mass is 15.0. The van der Waals surface area contributed by atoms with Gasteiger partial charge in [-0.2, -0.15) is 0 Å². The van der Waals surface area contributed by atoms with E-state index in [4.69, 9.17) is 0 Å². The molecule has 0 aromatic heterocycles. The van der Waals surface area contributed by atoms with Crippen LogP contribution in [0.25, 0.3) is 33.4 Å². The minimum atomic E-state index is 0.917. The van der Waals surface area contributed by atoms with Crippen molar-refractivity contribution in [3.8, 4) is 33.4 Å². The number of anilines is 10. The molecule has 0 aliphatic rings. The summed E-state index contributed by atoms with van der Waals surface area (Å²) in [5.41, 5.74) is 16.1. The summed E-state index contributed by atoms with van der Waals surface area (Å²) in [6.07, 6.45) is 0. The van der Waals surface area contributed by atoms with Crippen molar-refractivity contribution in [3.63, 3.8) is 0 Å². The summed E-state index contributed by atoms with van der Waals surface area (Å²) in [5, 5.41) is 19.2. The Morgan fingerprint density at radius 1 is 0.186 bits per heavy atom. The van der Waals surface area contributed by atoms with Gasteiger partial charge in [-0.25, -0.2) is 0 Å². The quantitative estimate of drug-likeness (QED) is 0.0810. The van der Waals surface area contributed by atoms with Crippen LogP contribution in [-0.2, 0) is 0 Å². The zero-order chi connectivity index (χ0) is 39.6. The fourth-order valence-electron chi connectivity index (χ4n) is 7.41. The Kier molecular flexibility index (Phi) is 10.8. The molecule has 5 nitrogen and oxygen atoms in total. The first-order valence-electron chi connectivity index (χ1n) is 19.9. The third-order valence-electron chi connectivity index (χ3n) is 10.2. The minimum absolute atomic E-state index is 0.917. The predicted octanol–water partition coefficient (Wildman–Crippen LogP) is 15.4. The Morgan fingerprint density at radius 3 is 0.966 bits per heavy atom. The molecule has 0 atom stereocenters. The second-order valence-electron chi connectivity index (χ2n) is 14.2. The molecule has 5 heteroatoms. The lowest BCUT2D eigenvalue weighted by Crippen LogP contribution is -2.05. The van der Waals surface area contributed by atoms with Crippen LogP contribution in [0.4, 0.5) is 56.9 Å². The molecule has 0 fully saturated rings. The standard InChI is InChI=1S/C54H43N5/c1-7-21-39(22-8-1)45-35-36-48(53(57-43-29-15-5-16-30-43)51(45)55-41-25-11-3-12-26-41)47-33-19-20-34-49(47)59-50-38-37-46(40-23-9-2-10-24-40)52(56-42-27-13-4-14-28-42)54(50)58-44-31-17-6-18-32-44/h1-38,55-59H. The first-order chi connectivity index (χ1) is 29.3. The number of benzene rings is 9. The maximum Gasteiger partial charge on any atom is 0.0869 e. The zero-order valence-electron chi connectivity index (χ0n) is 32.4. The molecule has 0 saturated carbocycles. The molecular formula is C54H43N5. The highest BCUT2D eigenvalue weighted by Gasteiger charge is 2.21. The highest BCUT2D eigenvalue weighted by Crippen LogP contribution is 2.48. The van der Waals surface area contributed by atoms with Crippen LogP contribution in [0.15, 0.2) is 231 Å². The molecule has 0 aliphatic heterocycles. The van der Waals surface area contributed by atoms with Crippen LogP contribution in [0.3, 0.4) is 0 Å². The molecule has 5 N–H and O–H groups in total. The van der Waals surface area contributed by atoms with Crippen LogP contribution in [0.1, 0.15) is 0 Å². The lowest BCUT2D eigenvalue weighted by molar-refractivity contribution is 1.46. The predicted molar refractivity (Wildman–Crippen MR) is 251 cm³/mol. The minimum Gasteiger partial charge on any atom is -0.353 e. The van der Waals surface area contributed by atoms with Gasteiger partial charge < -0.3 is 26.6 Å². The highest BCUT2D eigenvalue weighted by molar-refractivity contribution is 6.03. The van der Waals surface area contributed by atoms with Gasteiger partial charge in [0.25, 0.3) is 0 Å². The van der Waals surface area contributed by atoms with E-state index in [1.54, 1.807) is 0 Å². The van der Waals surface area contributed by atoms with Gasteiger partial charge in [0, 0.05) is 50.7 Å². The Hall–Kier alpha value is -8.02. The van der Waals surface area contributed by atoms with E-state index in [0.717, 1.165) is 90.3 Å². The molecule has 0 amide bonds. The van der Waals surface area contributed by atoms with Crippen molar-refractivity contribution in [2.75, 3.05) is 26.6 Å². The first kappa shape index (κ1) is 36.6. The van der Waals surface area contributed by atoms with Crippen LogP contribution in [-0.4, -0.2) is 0 Å². The van der Waals surface area contributed by atoms with Crippen LogP contribution in [0.5, 0.6) is 0 Å². The van der Waals surface area contributed by atoms with Crippen LogP contribution < -0.4 is 26.6 Å². The molecule has 0 spiro atoms. The molecule has 0 saturated heterocycles. The molecule has 0 radical (unpaired) electrons. The molecule has 9 aromatic carbocycles. The monoisotopic (exact) mass is 761 g/mol. The Balaban J connectivity index is 1.23. The SMILES string of the molecule is c1ccc(Nc2c(Nc3ccccc3-c3ccc(-c4ccccc4)c(Nc4ccccc4)c3Nc3ccccc3)ccc(-c3ccccc3)c2Nc2ccccc2)cc1. The van der Waals surface area contributed by atoms with Crippen molar-refractivity contribution in [2.45, 2.75) is 0 Å². The van der Waals surface area contributed by atoms with Crippen molar-refractivity contribution < 1.29 is 0 Å². The molecule has 0 heterocycles. The third-order valence-corrected chi connectivity index (χ3v) is 10.2. The van der Waals surface area contributed by atoms with Gasteiger partial charge in [0.1, 0.15) is 0 Å². The van der Waals surface area contributed by atoms with Crippen LogP contribution in [0, 0.1) is 0 Å². The van der Waals surface area contributed by atoms with Crippen LogP contribution >= 0.6 is 0 Å². The van der Waals surface area contributed by atoms with Gasteiger partial charge in [0.05, 0.1) is 28.4 Å². The van der Waals surface area contributed by atoms with Crippen molar-refractivity contribution in [2.24, 2.45) is 0 Å². The van der Waals surface area contributed by atoms with E-state index < -0.39 is 0 Å². The molecule has 59 heavy (non-hydrogen) atoms. The average Bonchev–Trinajstić information content (AvgIpc) is 3.30. The van der Waals surface area contributed by atoms with Gasteiger partial charge in [0.15, 0.2) is 0 Å². The van der Waals surface area contributed by atoms with Gasteiger partial charge in [-0.1, -0.05) is 170 Å². The Bertz CT molecular complexity index is 2760. The summed E-state index contributed by atoms with van der Waals surface area (Å²) in [6, 6.07) is 79.8. The molecule has 0 aliphatic carbocycles. The van der Waals surface area contributed by atoms with E-state index in [0.29, 0.717) is 0 Å². The van der Waals surface area contributed by atoms with Crippen LogP contribution in [0.2, 0.25) is 0 Å². The molecule has 284 valence electrons. The summed E-state index contributed by atoms with van der Waals surface area (Å²) in [7, 11) is 0. The van der Waals surface area contributed by atoms with Gasteiger partial charge in [-0.15, -0.1) is 0 Å². The average molecular weight is 762 g/mol. The molecule has 0 unspecified atom stereocenters. The maximum absolute atomic E-state index is 3.92. The fourth-order valence-corrected chi connectivity index (χ4v) is 7.41. The second kappa shape index (κ2) is 17.4. The number of para-hydroxylation sites is 5. The maximum atomic E-state index is 3.92. The summed E-state index contributed by atoms with van der Waals surface area (Å²) >= 11 is 0. The summed E-state index contributed by atoms with van der Waals surface area (Å²) < 4.78 is 0. The van der Waals surface area contributed by atoms with Gasteiger partial charge in [0.2, 0.25) is 0 Å². The largest absolute Gasteiger partial charge is 0.353 e. The summed E-state index contributed by atoms with van der Waals surface area (Å²) in [6.45, 7) is 0. The number of rotatable bonds is 13. The lowest BCUT2D eigenvalue weighted by atomic mass is 9.94. The zero-order valence-corrected chi connectivity index (χ0v) is 32.4. The molecular weight excluding hydrogens is 719 g/mol. The topological polar surface area (TPSA) is 60.1 Å². The smallest absolute Gasteiger partial charge is 0.0869 e. The Labute approximate surface area is 346 Å². The van der Waals surface area contributed by atoms with E-state index in [1.807, 2.05) is 24.3 Å². The first-order valence-corrected chi connectivity index (χ1v) is 19.9. The second-order valence-corrected chi connectivity index (χ2v) is 14.2. The number of hydrogen-bond acceptors (Lipinski definition) is 5. The van der Waals surface area contributed by atoms with Gasteiger partial charge in [-0.3, -0.25) is 0 Å². The van der Waals surface area contributed by atoms with E-state index in [2.05, 4.69) is 233 Å². The molecule has 0 bridgehead atoms. The van der Waals surface area contributed by atoms with Crippen molar-refractivity contribution in [1.29, 1.82) is 0 Å². The van der Waals surface area contributed by atoms with E-state index in [1.165, 1.54) is 0 Å². The molecule has 9 aromatic rings. The summed E-state index contributed by atoms with van der Waals surface area (Å²) in [4.78, 5) is 0. The third kappa shape index (κ3) is 8.41. The van der Waals surface area contributed by atoms with Crippen molar-refractivity contribution in [1.82, 2.24) is 0 Å². The normalized spacial score (nSPS) is 10.7.